The van der Waals surface area contributed by atoms with E-state index in [1.165, 1.54) is 12.1 Å². The largest absolute Gasteiger partial charge is 0.334 e. The summed E-state index contributed by atoms with van der Waals surface area (Å²) >= 11 is 0. The molecule has 0 bridgehead atoms. The summed E-state index contributed by atoms with van der Waals surface area (Å²) in [5.74, 6) is -0.113. The first-order chi connectivity index (χ1) is 12.9. The van der Waals surface area contributed by atoms with Gasteiger partial charge in [0.15, 0.2) is 0 Å². The molecular formula is C20H25N3O3S. The van der Waals surface area contributed by atoms with E-state index in [4.69, 9.17) is 5.73 Å². The van der Waals surface area contributed by atoms with Crippen molar-refractivity contribution in [3.63, 3.8) is 0 Å². The molecule has 6 nitrogen and oxygen atoms in total. The van der Waals surface area contributed by atoms with Crippen LogP contribution in [0.15, 0.2) is 59.5 Å². The van der Waals surface area contributed by atoms with Crippen LogP contribution >= 0.6 is 0 Å². The number of hydrogen-bond donors (Lipinski definition) is 2. The maximum absolute atomic E-state index is 13.0. The van der Waals surface area contributed by atoms with E-state index >= 15 is 0 Å². The molecule has 0 aliphatic carbocycles. The van der Waals surface area contributed by atoms with Gasteiger partial charge >= 0.3 is 0 Å². The average molecular weight is 388 g/mol. The maximum Gasteiger partial charge on any atom is 0.261 e. The lowest BCUT2D eigenvalue weighted by Gasteiger charge is -2.38. The summed E-state index contributed by atoms with van der Waals surface area (Å²) in [4.78, 5) is 15.0. The molecule has 1 saturated heterocycles. The summed E-state index contributed by atoms with van der Waals surface area (Å²) in [5.41, 5.74) is 6.88. The van der Waals surface area contributed by atoms with E-state index in [2.05, 4.69) is 4.72 Å². The molecule has 2 aromatic carbocycles. The Morgan fingerprint density at radius 2 is 1.89 bits per heavy atom. The zero-order valence-corrected chi connectivity index (χ0v) is 16.2. The summed E-state index contributed by atoms with van der Waals surface area (Å²) in [6.45, 7) is 2.59. The van der Waals surface area contributed by atoms with E-state index in [0.717, 1.165) is 19.3 Å². The van der Waals surface area contributed by atoms with Crippen LogP contribution in [-0.2, 0) is 10.0 Å². The third kappa shape index (κ3) is 4.48. The van der Waals surface area contributed by atoms with Crippen molar-refractivity contribution in [2.24, 2.45) is 5.73 Å². The Balaban J connectivity index is 1.82. The molecule has 2 unspecified atom stereocenters. The maximum atomic E-state index is 13.0. The highest BCUT2D eigenvalue weighted by atomic mass is 32.2. The first-order valence-corrected chi connectivity index (χ1v) is 10.6. The number of anilines is 1. The Bertz CT molecular complexity index is 898. The summed E-state index contributed by atoms with van der Waals surface area (Å²) < 4.78 is 27.5. The van der Waals surface area contributed by atoms with E-state index in [9.17, 15) is 13.2 Å². The van der Waals surface area contributed by atoms with Crippen molar-refractivity contribution in [3.05, 3.63) is 60.2 Å². The van der Waals surface area contributed by atoms with E-state index in [-0.39, 0.29) is 22.9 Å². The van der Waals surface area contributed by atoms with Gasteiger partial charge in [-0.15, -0.1) is 0 Å². The highest BCUT2D eigenvalue weighted by molar-refractivity contribution is 7.92. The van der Waals surface area contributed by atoms with Crippen molar-refractivity contribution in [2.75, 3.05) is 11.3 Å². The fraction of sp³-hybridized carbons (Fsp3) is 0.350. The molecular weight excluding hydrogens is 362 g/mol. The van der Waals surface area contributed by atoms with E-state index in [1.807, 2.05) is 11.8 Å². The van der Waals surface area contributed by atoms with Gasteiger partial charge in [-0.2, -0.15) is 0 Å². The van der Waals surface area contributed by atoms with Gasteiger partial charge in [0.25, 0.3) is 15.9 Å². The van der Waals surface area contributed by atoms with E-state index in [0.29, 0.717) is 17.8 Å². The molecule has 2 aromatic rings. The minimum absolute atomic E-state index is 0.0101. The molecule has 1 heterocycles. The standard InChI is InChI=1S/C20H25N3O3S/c1-15(21)19-12-5-6-13-23(19)20(24)16-8-7-9-17(14-16)22-27(25,26)18-10-3-2-4-11-18/h2-4,7-11,14-15,19,22H,5-6,12-13,21H2,1H3. The monoisotopic (exact) mass is 387 g/mol. The Labute approximate surface area is 160 Å². The molecule has 1 fully saturated rings. The summed E-state index contributed by atoms with van der Waals surface area (Å²) in [7, 11) is -3.70. The SMILES string of the molecule is CC(N)C1CCCCN1C(=O)c1cccc(NS(=O)(=O)c2ccccc2)c1. The van der Waals surface area contributed by atoms with Gasteiger partial charge in [-0.3, -0.25) is 9.52 Å². The van der Waals surface area contributed by atoms with Gasteiger partial charge in [0, 0.05) is 29.9 Å². The Morgan fingerprint density at radius 1 is 1.15 bits per heavy atom. The molecule has 1 amide bonds. The zero-order chi connectivity index (χ0) is 19.4. The fourth-order valence-corrected chi connectivity index (χ4v) is 4.52. The molecule has 0 saturated carbocycles. The van der Waals surface area contributed by atoms with E-state index < -0.39 is 10.0 Å². The van der Waals surface area contributed by atoms with Crippen LogP contribution in [0.25, 0.3) is 0 Å². The minimum Gasteiger partial charge on any atom is -0.334 e. The minimum atomic E-state index is -3.70. The van der Waals surface area contributed by atoms with Crippen LogP contribution in [0.3, 0.4) is 0 Å². The highest BCUT2D eigenvalue weighted by Gasteiger charge is 2.30. The first-order valence-electron chi connectivity index (χ1n) is 9.13. The fourth-order valence-electron chi connectivity index (χ4n) is 3.45. The molecule has 27 heavy (non-hydrogen) atoms. The van der Waals surface area contributed by atoms with Crippen molar-refractivity contribution in [2.45, 2.75) is 43.2 Å². The van der Waals surface area contributed by atoms with Crippen molar-refractivity contribution < 1.29 is 13.2 Å². The second-order valence-corrected chi connectivity index (χ2v) is 8.60. The number of nitrogens with two attached hydrogens (primary N) is 1. The third-order valence-electron chi connectivity index (χ3n) is 4.83. The van der Waals surface area contributed by atoms with Gasteiger partial charge in [-0.25, -0.2) is 8.42 Å². The number of nitrogens with zero attached hydrogens (tertiary/aromatic N) is 1. The van der Waals surface area contributed by atoms with Crippen LogP contribution in [-0.4, -0.2) is 37.9 Å². The lowest BCUT2D eigenvalue weighted by atomic mass is 9.96. The molecule has 7 heteroatoms. The summed E-state index contributed by atoms with van der Waals surface area (Å²) in [6.07, 6.45) is 2.91. The van der Waals surface area contributed by atoms with Crippen LogP contribution in [0, 0.1) is 0 Å². The van der Waals surface area contributed by atoms with Crippen molar-refractivity contribution in [1.29, 1.82) is 0 Å². The quantitative estimate of drug-likeness (QED) is 0.825. The van der Waals surface area contributed by atoms with Crippen LogP contribution in [0.1, 0.15) is 36.5 Å². The average Bonchev–Trinajstić information content (AvgIpc) is 2.68. The third-order valence-corrected chi connectivity index (χ3v) is 6.23. The van der Waals surface area contributed by atoms with Crippen LogP contribution in [0.5, 0.6) is 0 Å². The Kier molecular flexibility index (Phi) is 5.82. The zero-order valence-electron chi connectivity index (χ0n) is 15.3. The van der Waals surface area contributed by atoms with Crippen molar-refractivity contribution in [1.82, 2.24) is 4.90 Å². The number of carbonyl (C=O) groups is 1. The van der Waals surface area contributed by atoms with Crippen molar-refractivity contribution in [3.8, 4) is 0 Å². The predicted molar refractivity (Wildman–Crippen MR) is 106 cm³/mol. The predicted octanol–water partition coefficient (Wildman–Crippen LogP) is 2.83. The normalized spacial score (nSPS) is 18.7. The number of rotatable bonds is 5. The lowest BCUT2D eigenvalue weighted by Crippen LogP contribution is -2.51. The van der Waals surface area contributed by atoms with Crippen LogP contribution < -0.4 is 10.5 Å². The molecule has 3 N–H and O–H groups in total. The number of benzene rings is 2. The summed E-state index contributed by atoms with van der Waals surface area (Å²) in [6, 6.07) is 14.6. The van der Waals surface area contributed by atoms with Crippen LogP contribution in [0.4, 0.5) is 5.69 Å². The van der Waals surface area contributed by atoms with Gasteiger partial charge in [0.1, 0.15) is 0 Å². The molecule has 2 atom stereocenters. The molecule has 1 aliphatic rings. The molecule has 0 radical (unpaired) electrons. The topological polar surface area (TPSA) is 92.5 Å². The number of amides is 1. The molecule has 0 aromatic heterocycles. The molecule has 144 valence electrons. The Hall–Kier alpha value is -2.38. The van der Waals surface area contributed by atoms with E-state index in [1.54, 1.807) is 42.5 Å². The number of hydrogen-bond acceptors (Lipinski definition) is 4. The Morgan fingerprint density at radius 3 is 2.59 bits per heavy atom. The molecule has 1 aliphatic heterocycles. The molecule has 0 spiro atoms. The number of likely N-dealkylation sites (tertiary alicyclic amines) is 1. The van der Waals surface area contributed by atoms with Crippen molar-refractivity contribution >= 4 is 21.6 Å². The van der Waals surface area contributed by atoms with Gasteiger partial charge in [0.05, 0.1) is 4.90 Å². The first kappa shape index (κ1) is 19.4. The van der Waals surface area contributed by atoms with Gasteiger partial charge in [0.2, 0.25) is 0 Å². The van der Waals surface area contributed by atoms with Gasteiger partial charge in [-0.1, -0.05) is 24.3 Å². The smallest absolute Gasteiger partial charge is 0.261 e. The number of carbonyl (C=O) groups excluding carboxylic acids is 1. The number of sulfonamides is 1. The number of piperidine rings is 1. The highest BCUT2D eigenvalue weighted by Crippen LogP contribution is 2.23. The number of nitrogens with one attached hydrogen (secondary N) is 1. The second kappa shape index (κ2) is 8.10. The lowest BCUT2D eigenvalue weighted by molar-refractivity contribution is 0.0584. The second-order valence-electron chi connectivity index (χ2n) is 6.92. The van der Waals surface area contributed by atoms with Gasteiger partial charge < -0.3 is 10.6 Å². The van der Waals surface area contributed by atoms with Gasteiger partial charge in [-0.05, 0) is 56.5 Å². The summed E-state index contributed by atoms with van der Waals surface area (Å²) in [5, 5.41) is 0. The van der Waals surface area contributed by atoms with Crippen LogP contribution in [0.2, 0.25) is 0 Å². The molecule has 3 rings (SSSR count).